The zero-order valence-corrected chi connectivity index (χ0v) is 19.6. The molecule has 2 rings (SSSR count). The Morgan fingerprint density at radius 3 is 2.50 bits per heavy atom. The second kappa shape index (κ2) is 10.8. The normalized spacial score (nSPS) is 27.7. The first-order valence-electron chi connectivity index (χ1n) is 10.8. The largest absolute Gasteiger partial charge is 0.467 e. The van der Waals surface area contributed by atoms with Crippen LogP contribution >= 0.6 is 0 Å². The van der Waals surface area contributed by atoms with Crippen LogP contribution in [0, 0.1) is 5.92 Å². The average Bonchev–Trinajstić information content (AvgIpc) is 2.69. The molecule has 2 N–H and O–H groups in total. The molecule has 32 heavy (non-hydrogen) atoms. The lowest BCUT2D eigenvalue weighted by molar-refractivity contribution is -0.150. The highest BCUT2D eigenvalue weighted by atomic mass is 16.6. The van der Waals surface area contributed by atoms with Gasteiger partial charge in [0.05, 0.1) is 26.2 Å². The van der Waals surface area contributed by atoms with Gasteiger partial charge in [0.2, 0.25) is 5.91 Å². The standard InChI is InChI=1S/C22H34N2O8/c1-12-7-8-14-9-16(12)31-17(25)10-15(23-21(28)32-22(3,4)5)19(26)24-18(20(27)29-6)13(2)30-11-14/h13-15,18H,7-11H2,1-6H3,(H,23,28)(H,24,26)/t13-,14-,15+,18+/m1/s1. The zero-order valence-electron chi connectivity index (χ0n) is 19.6. The Hall–Kier alpha value is -2.62. The number of hydrogen-bond donors (Lipinski definition) is 2. The second-order valence-corrected chi connectivity index (χ2v) is 9.24. The van der Waals surface area contributed by atoms with Crippen LogP contribution in [0.1, 0.15) is 60.3 Å². The third-order valence-corrected chi connectivity index (χ3v) is 5.31. The van der Waals surface area contributed by atoms with E-state index in [1.54, 1.807) is 27.7 Å². The van der Waals surface area contributed by atoms with E-state index < -0.39 is 54.1 Å². The van der Waals surface area contributed by atoms with Crippen molar-refractivity contribution in [1.29, 1.82) is 0 Å². The zero-order chi connectivity index (χ0) is 24.1. The van der Waals surface area contributed by atoms with Crippen molar-refractivity contribution in [2.75, 3.05) is 13.7 Å². The van der Waals surface area contributed by atoms with Gasteiger partial charge in [-0.3, -0.25) is 9.59 Å². The van der Waals surface area contributed by atoms with Crippen LogP contribution < -0.4 is 10.6 Å². The fourth-order valence-electron chi connectivity index (χ4n) is 3.51. The third kappa shape index (κ3) is 7.51. The van der Waals surface area contributed by atoms with Crippen LogP contribution in [0.4, 0.5) is 4.79 Å². The van der Waals surface area contributed by atoms with Crippen LogP contribution in [0.5, 0.6) is 0 Å². The Labute approximate surface area is 188 Å². The first-order chi connectivity index (χ1) is 14.9. The molecule has 180 valence electrons. The van der Waals surface area contributed by atoms with Crippen LogP contribution in [0.15, 0.2) is 11.3 Å². The Morgan fingerprint density at radius 1 is 1.19 bits per heavy atom. The minimum absolute atomic E-state index is 0.106. The number of carbonyl (C=O) groups excluding carboxylic acids is 4. The van der Waals surface area contributed by atoms with E-state index in [2.05, 4.69) is 10.6 Å². The summed E-state index contributed by atoms with van der Waals surface area (Å²) in [7, 11) is 1.21. The number of nitrogens with one attached hydrogen (secondary N) is 2. The van der Waals surface area contributed by atoms with Gasteiger partial charge in [0, 0.05) is 6.42 Å². The number of allylic oxidation sites excluding steroid dienone is 2. The van der Waals surface area contributed by atoms with Crippen molar-refractivity contribution in [2.45, 2.75) is 84.1 Å². The highest BCUT2D eigenvalue weighted by Crippen LogP contribution is 2.31. The van der Waals surface area contributed by atoms with E-state index in [0.29, 0.717) is 18.8 Å². The fourth-order valence-corrected chi connectivity index (χ4v) is 3.51. The number of hydrogen-bond acceptors (Lipinski definition) is 8. The molecule has 1 fully saturated rings. The van der Waals surface area contributed by atoms with E-state index >= 15 is 0 Å². The maximum absolute atomic E-state index is 13.0. The summed E-state index contributed by atoms with van der Waals surface area (Å²) in [6.07, 6.45) is 0.122. The number of methoxy groups -OCH3 is 1. The number of carbonyl (C=O) groups is 4. The highest BCUT2D eigenvalue weighted by Gasteiger charge is 2.35. The van der Waals surface area contributed by atoms with E-state index in [0.717, 1.165) is 18.4 Å². The van der Waals surface area contributed by atoms with Crippen LogP contribution in [-0.4, -0.2) is 61.4 Å². The maximum atomic E-state index is 13.0. The highest BCUT2D eigenvalue weighted by molar-refractivity contribution is 5.92. The predicted octanol–water partition coefficient (Wildman–Crippen LogP) is 1.96. The van der Waals surface area contributed by atoms with E-state index in [9.17, 15) is 19.2 Å². The molecule has 1 heterocycles. The lowest BCUT2D eigenvalue weighted by atomic mass is 9.89. The van der Waals surface area contributed by atoms with Gasteiger partial charge in [-0.15, -0.1) is 0 Å². The van der Waals surface area contributed by atoms with E-state index in [-0.39, 0.29) is 5.92 Å². The molecular weight excluding hydrogens is 420 g/mol. The number of esters is 2. The average molecular weight is 455 g/mol. The molecule has 0 saturated carbocycles. The Kier molecular flexibility index (Phi) is 8.65. The molecule has 0 radical (unpaired) electrons. The van der Waals surface area contributed by atoms with Gasteiger partial charge in [0.1, 0.15) is 17.4 Å². The molecule has 4 atom stereocenters. The molecule has 2 bridgehead atoms. The van der Waals surface area contributed by atoms with Gasteiger partial charge in [-0.1, -0.05) is 0 Å². The summed E-state index contributed by atoms with van der Waals surface area (Å²) < 4.78 is 21.5. The van der Waals surface area contributed by atoms with E-state index in [1.165, 1.54) is 7.11 Å². The van der Waals surface area contributed by atoms with E-state index in [1.807, 2.05) is 6.92 Å². The molecule has 0 aromatic heterocycles. The van der Waals surface area contributed by atoms with Gasteiger partial charge in [0.15, 0.2) is 6.04 Å². The molecule has 10 heteroatoms. The molecule has 1 aliphatic heterocycles. The molecule has 0 unspecified atom stereocenters. The Balaban J connectivity index is 2.32. The molecule has 0 aromatic carbocycles. The SMILES string of the molecule is COC(=O)[C@H]1NC(=O)[C@@H](NC(=O)OC(C)(C)C)CC(=O)OC2=C(C)CC[C@@H](CO[C@@H]1C)C2. The van der Waals surface area contributed by atoms with Crippen molar-refractivity contribution >= 4 is 23.9 Å². The molecular formula is C22H34N2O8. The maximum Gasteiger partial charge on any atom is 0.408 e. The van der Waals surface area contributed by atoms with Crippen molar-refractivity contribution in [2.24, 2.45) is 5.92 Å². The predicted molar refractivity (Wildman–Crippen MR) is 113 cm³/mol. The minimum Gasteiger partial charge on any atom is -0.467 e. The van der Waals surface area contributed by atoms with Gasteiger partial charge in [-0.2, -0.15) is 0 Å². The topological polar surface area (TPSA) is 129 Å². The number of fused-ring (bicyclic) bond motifs is 2. The van der Waals surface area contributed by atoms with Gasteiger partial charge in [0.25, 0.3) is 0 Å². The monoisotopic (exact) mass is 454 g/mol. The molecule has 2 amide bonds. The van der Waals surface area contributed by atoms with Crippen molar-refractivity contribution in [3.05, 3.63) is 11.3 Å². The Bertz CT molecular complexity index is 770. The number of rotatable bonds is 2. The molecule has 0 aromatic rings. The fraction of sp³-hybridized carbons (Fsp3) is 0.727. The molecule has 1 aliphatic carbocycles. The van der Waals surface area contributed by atoms with Crippen LogP contribution in [0.25, 0.3) is 0 Å². The van der Waals surface area contributed by atoms with Crippen LogP contribution in [-0.2, 0) is 33.3 Å². The number of alkyl carbamates (subject to hydrolysis) is 1. The first-order valence-corrected chi connectivity index (χ1v) is 10.8. The Morgan fingerprint density at radius 2 is 1.88 bits per heavy atom. The molecule has 10 nitrogen and oxygen atoms in total. The molecule has 1 saturated heterocycles. The van der Waals surface area contributed by atoms with Gasteiger partial charge >= 0.3 is 18.0 Å². The van der Waals surface area contributed by atoms with Gasteiger partial charge < -0.3 is 29.6 Å². The van der Waals surface area contributed by atoms with E-state index in [4.69, 9.17) is 18.9 Å². The third-order valence-electron chi connectivity index (χ3n) is 5.31. The van der Waals surface area contributed by atoms with Crippen molar-refractivity contribution in [3.8, 4) is 0 Å². The van der Waals surface area contributed by atoms with Crippen molar-refractivity contribution in [3.63, 3.8) is 0 Å². The van der Waals surface area contributed by atoms with Gasteiger partial charge in [-0.05, 0) is 59.0 Å². The van der Waals surface area contributed by atoms with Crippen molar-refractivity contribution in [1.82, 2.24) is 10.6 Å². The van der Waals surface area contributed by atoms with Crippen LogP contribution in [0.3, 0.4) is 0 Å². The summed E-state index contributed by atoms with van der Waals surface area (Å²) in [6, 6.07) is -2.44. The lowest BCUT2D eigenvalue weighted by Gasteiger charge is -2.28. The lowest BCUT2D eigenvalue weighted by Crippen LogP contribution is -2.56. The quantitative estimate of drug-likeness (QED) is 0.479. The summed E-state index contributed by atoms with van der Waals surface area (Å²) in [5.74, 6) is -1.46. The first kappa shape index (κ1) is 25.6. The summed E-state index contributed by atoms with van der Waals surface area (Å²) in [5.41, 5.74) is 0.159. The van der Waals surface area contributed by atoms with Gasteiger partial charge in [-0.25, -0.2) is 9.59 Å². The summed E-state index contributed by atoms with van der Waals surface area (Å²) in [6.45, 7) is 8.91. The molecule has 2 aliphatic rings. The summed E-state index contributed by atoms with van der Waals surface area (Å²) in [5, 5.41) is 4.93. The summed E-state index contributed by atoms with van der Waals surface area (Å²) >= 11 is 0. The number of amides is 2. The minimum atomic E-state index is -1.32. The smallest absolute Gasteiger partial charge is 0.408 e. The molecule has 0 spiro atoms. The van der Waals surface area contributed by atoms with Crippen LogP contribution in [0.2, 0.25) is 0 Å². The van der Waals surface area contributed by atoms with Crippen molar-refractivity contribution < 1.29 is 38.1 Å². The summed E-state index contributed by atoms with van der Waals surface area (Å²) in [4.78, 5) is 50.2. The number of ether oxygens (including phenoxy) is 4. The second-order valence-electron chi connectivity index (χ2n) is 9.24.